The Bertz CT molecular complexity index is 850. The molecule has 0 saturated carbocycles. The van der Waals surface area contributed by atoms with Crippen molar-refractivity contribution in [2.45, 2.75) is 77.2 Å². The smallest absolute Gasteiger partial charge is 0.222 e. The zero-order valence-electron chi connectivity index (χ0n) is 19.5. The monoisotopic (exact) mass is 434 g/mol. The number of carbonyl (C=O) groups excluding carboxylic acids is 2. The van der Waals surface area contributed by atoms with Crippen molar-refractivity contribution >= 4 is 11.8 Å². The number of nitrogens with one attached hydrogen (secondary N) is 1. The molecule has 4 nitrogen and oxygen atoms in total. The highest BCUT2D eigenvalue weighted by Crippen LogP contribution is 2.29. The van der Waals surface area contributed by atoms with E-state index in [1.165, 1.54) is 23.1 Å². The first-order chi connectivity index (χ1) is 15.7. The van der Waals surface area contributed by atoms with Crippen LogP contribution in [0.3, 0.4) is 0 Å². The quantitative estimate of drug-likeness (QED) is 0.441. The maximum absolute atomic E-state index is 12.9. The first kappa shape index (κ1) is 24.0. The molecule has 0 fully saturated rings. The molecular weight excluding hydrogens is 396 g/mol. The van der Waals surface area contributed by atoms with Gasteiger partial charge in [0.25, 0.3) is 0 Å². The first-order valence-electron chi connectivity index (χ1n) is 12.4. The number of fused-ring (bicyclic) bond motifs is 1. The minimum Gasteiger partial charge on any atom is -0.349 e. The summed E-state index contributed by atoms with van der Waals surface area (Å²) in [5.41, 5.74) is 3.82. The van der Waals surface area contributed by atoms with E-state index >= 15 is 0 Å². The predicted octanol–water partition coefficient (Wildman–Crippen LogP) is 5.61. The van der Waals surface area contributed by atoms with E-state index < -0.39 is 0 Å². The summed E-state index contributed by atoms with van der Waals surface area (Å²) in [7, 11) is 0. The molecule has 32 heavy (non-hydrogen) atoms. The summed E-state index contributed by atoms with van der Waals surface area (Å²) in [5.74, 6) is 0.211. The standard InChI is InChI=1S/C28H38N2O2/c1-2-3-4-8-18-28(32)30(21-19-23-12-6-5-7-13-23)22-20-27(31)29-26-17-11-15-24-14-9-10-16-25(24)26/h5-7,9-10,12-14,16,26H,2-4,8,11,15,17-22H2,1H3,(H,29,31). The lowest BCUT2D eigenvalue weighted by molar-refractivity contribution is -0.132. The Balaban J connectivity index is 1.53. The Kier molecular flexibility index (Phi) is 9.80. The second-order valence-electron chi connectivity index (χ2n) is 8.89. The second-order valence-corrected chi connectivity index (χ2v) is 8.89. The molecule has 0 saturated heterocycles. The van der Waals surface area contributed by atoms with Crippen molar-refractivity contribution in [1.82, 2.24) is 10.2 Å². The van der Waals surface area contributed by atoms with Crippen molar-refractivity contribution < 1.29 is 9.59 Å². The van der Waals surface area contributed by atoms with Gasteiger partial charge in [-0.1, -0.05) is 80.8 Å². The van der Waals surface area contributed by atoms with Crippen LogP contribution in [-0.2, 0) is 22.4 Å². The average molecular weight is 435 g/mol. The molecule has 1 N–H and O–H groups in total. The number of benzene rings is 2. The lowest BCUT2D eigenvalue weighted by atomic mass is 9.87. The molecule has 2 aromatic carbocycles. The number of nitrogens with zero attached hydrogens (tertiary/aromatic N) is 1. The number of unbranched alkanes of at least 4 members (excludes halogenated alkanes) is 3. The molecule has 1 unspecified atom stereocenters. The van der Waals surface area contributed by atoms with Crippen LogP contribution >= 0.6 is 0 Å². The van der Waals surface area contributed by atoms with Gasteiger partial charge in [0.1, 0.15) is 0 Å². The van der Waals surface area contributed by atoms with Gasteiger partial charge in [-0.2, -0.15) is 0 Å². The van der Waals surface area contributed by atoms with Crippen LogP contribution in [0.1, 0.15) is 81.0 Å². The van der Waals surface area contributed by atoms with E-state index in [9.17, 15) is 9.59 Å². The summed E-state index contributed by atoms with van der Waals surface area (Å²) < 4.78 is 0. The Morgan fingerprint density at radius 3 is 2.53 bits per heavy atom. The van der Waals surface area contributed by atoms with Crippen molar-refractivity contribution in [2.24, 2.45) is 0 Å². The number of rotatable bonds is 12. The van der Waals surface area contributed by atoms with Crippen molar-refractivity contribution in [3.05, 3.63) is 71.3 Å². The molecule has 1 aliphatic carbocycles. The lowest BCUT2D eigenvalue weighted by Crippen LogP contribution is -2.37. The molecule has 0 heterocycles. The van der Waals surface area contributed by atoms with E-state index in [1.54, 1.807) is 0 Å². The van der Waals surface area contributed by atoms with Crippen molar-refractivity contribution in [2.75, 3.05) is 13.1 Å². The van der Waals surface area contributed by atoms with E-state index in [0.29, 0.717) is 25.9 Å². The maximum atomic E-state index is 12.9. The van der Waals surface area contributed by atoms with Crippen LogP contribution in [0.4, 0.5) is 0 Å². The third-order valence-corrected chi connectivity index (χ3v) is 6.42. The lowest BCUT2D eigenvalue weighted by Gasteiger charge is -2.27. The van der Waals surface area contributed by atoms with Crippen LogP contribution in [-0.4, -0.2) is 29.8 Å². The van der Waals surface area contributed by atoms with Gasteiger partial charge in [0, 0.05) is 25.9 Å². The Morgan fingerprint density at radius 1 is 0.938 bits per heavy atom. The summed E-state index contributed by atoms with van der Waals surface area (Å²) in [4.78, 5) is 27.6. The fourth-order valence-corrected chi connectivity index (χ4v) is 4.54. The molecule has 1 atom stereocenters. The maximum Gasteiger partial charge on any atom is 0.222 e. The molecular formula is C28H38N2O2. The van der Waals surface area contributed by atoms with E-state index in [-0.39, 0.29) is 17.9 Å². The molecule has 0 radical (unpaired) electrons. The van der Waals surface area contributed by atoms with E-state index in [0.717, 1.165) is 44.9 Å². The molecule has 4 heteroatoms. The van der Waals surface area contributed by atoms with Crippen LogP contribution in [0.15, 0.2) is 54.6 Å². The number of hydrogen-bond donors (Lipinski definition) is 1. The minimum atomic E-state index is 0.0372. The molecule has 172 valence electrons. The van der Waals surface area contributed by atoms with Gasteiger partial charge in [-0.15, -0.1) is 0 Å². The van der Waals surface area contributed by atoms with Gasteiger partial charge in [-0.05, 0) is 48.8 Å². The Labute approximate surface area is 193 Å². The van der Waals surface area contributed by atoms with Gasteiger partial charge in [-0.25, -0.2) is 0 Å². The molecule has 0 spiro atoms. The molecule has 1 aliphatic rings. The molecule has 2 aromatic rings. The van der Waals surface area contributed by atoms with E-state index in [2.05, 4.69) is 42.6 Å². The zero-order chi connectivity index (χ0) is 22.6. The van der Waals surface area contributed by atoms with Crippen LogP contribution in [0.2, 0.25) is 0 Å². The number of aryl methyl sites for hydroxylation is 1. The van der Waals surface area contributed by atoms with Crippen LogP contribution in [0, 0.1) is 0 Å². The van der Waals surface area contributed by atoms with Crippen molar-refractivity contribution in [1.29, 1.82) is 0 Å². The van der Waals surface area contributed by atoms with Gasteiger partial charge >= 0.3 is 0 Å². The molecule has 2 amide bonds. The summed E-state index contributed by atoms with van der Waals surface area (Å²) in [6.45, 7) is 3.33. The molecule has 0 aliphatic heterocycles. The summed E-state index contributed by atoms with van der Waals surface area (Å²) in [5, 5.41) is 3.23. The molecule has 0 bridgehead atoms. The van der Waals surface area contributed by atoms with Gasteiger partial charge in [-0.3, -0.25) is 9.59 Å². The van der Waals surface area contributed by atoms with Gasteiger partial charge < -0.3 is 10.2 Å². The summed E-state index contributed by atoms with van der Waals surface area (Å²) in [6.07, 6.45) is 9.27. The fourth-order valence-electron chi connectivity index (χ4n) is 4.54. The highest BCUT2D eigenvalue weighted by Gasteiger charge is 2.22. The average Bonchev–Trinajstić information content (AvgIpc) is 2.82. The number of carbonyl (C=O) groups is 2. The van der Waals surface area contributed by atoms with E-state index in [4.69, 9.17) is 0 Å². The largest absolute Gasteiger partial charge is 0.349 e. The molecule has 0 aromatic heterocycles. The van der Waals surface area contributed by atoms with Crippen LogP contribution in [0.5, 0.6) is 0 Å². The van der Waals surface area contributed by atoms with Crippen LogP contribution in [0.25, 0.3) is 0 Å². The second kappa shape index (κ2) is 13.0. The number of amides is 2. The number of hydrogen-bond acceptors (Lipinski definition) is 2. The summed E-state index contributed by atoms with van der Waals surface area (Å²) >= 11 is 0. The van der Waals surface area contributed by atoms with E-state index in [1.807, 2.05) is 29.2 Å². The van der Waals surface area contributed by atoms with Gasteiger partial charge in [0.05, 0.1) is 6.04 Å². The predicted molar refractivity (Wildman–Crippen MR) is 130 cm³/mol. The first-order valence-corrected chi connectivity index (χ1v) is 12.4. The third-order valence-electron chi connectivity index (χ3n) is 6.42. The van der Waals surface area contributed by atoms with Crippen molar-refractivity contribution in [3.8, 4) is 0 Å². The Morgan fingerprint density at radius 2 is 1.72 bits per heavy atom. The normalized spacial score (nSPS) is 15.1. The zero-order valence-corrected chi connectivity index (χ0v) is 19.5. The highest BCUT2D eigenvalue weighted by atomic mass is 16.2. The summed E-state index contributed by atoms with van der Waals surface area (Å²) in [6, 6.07) is 18.8. The Hall–Kier alpha value is -2.62. The SMILES string of the molecule is CCCCCCC(=O)N(CCC(=O)NC1CCCc2ccccc21)CCc1ccccc1. The third kappa shape index (κ3) is 7.51. The highest BCUT2D eigenvalue weighted by molar-refractivity contribution is 5.79. The van der Waals surface area contributed by atoms with Gasteiger partial charge in [0.15, 0.2) is 0 Å². The van der Waals surface area contributed by atoms with Gasteiger partial charge in [0.2, 0.25) is 11.8 Å². The van der Waals surface area contributed by atoms with Crippen LogP contribution < -0.4 is 5.32 Å². The minimum absolute atomic E-state index is 0.0372. The molecule has 3 rings (SSSR count). The van der Waals surface area contributed by atoms with Crippen molar-refractivity contribution in [3.63, 3.8) is 0 Å². The fraction of sp³-hybridized carbons (Fsp3) is 0.500. The topological polar surface area (TPSA) is 49.4 Å².